The van der Waals surface area contributed by atoms with Gasteiger partial charge in [-0.2, -0.15) is 0 Å². The predicted octanol–water partition coefficient (Wildman–Crippen LogP) is 2.25. The van der Waals surface area contributed by atoms with Crippen molar-refractivity contribution < 1.29 is 9.21 Å². The number of nitrogens with one attached hydrogen (secondary N) is 1. The van der Waals surface area contributed by atoms with Gasteiger partial charge in [-0.1, -0.05) is 12.1 Å². The molecule has 28 heavy (non-hydrogen) atoms. The van der Waals surface area contributed by atoms with Gasteiger partial charge in [-0.15, -0.1) is 0 Å². The average Bonchev–Trinajstić information content (AvgIpc) is 3.39. The molecule has 146 valence electrons. The highest BCUT2D eigenvalue weighted by Gasteiger charge is 2.26. The van der Waals surface area contributed by atoms with Gasteiger partial charge < -0.3 is 9.73 Å². The van der Waals surface area contributed by atoms with Crippen molar-refractivity contribution in [2.24, 2.45) is 0 Å². The summed E-state index contributed by atoms with van der Waals surface area (Å²) in [6, 6.07) is 9.30. The number of aryl methyl sites for hydroxylation is 1. The van der Waals surface area contributed by atoms with E-state index in [2.05, 4.69) is 15.2 Å². The van der Waals surface area contributed by atoms with Gasteiger partial charge in [0.05, 0.1) is 29.5 Å². The van der Waals surface area contributed by atoms with Crippen molar-refractivity contribution in [3.05, 3.63) is 64.6 Å². The Hall–Kier alpha value is -2.93. The summed E-state index contributed by atoms with van der Waals surface area (Å²) in [5, 5.41) is 3.48. The van der Waals surface area contributed by atoms with Gasteiger partial charge in [0.15, 0.2) is 0 Å². The van der Waals surface area contributed by atoms with Crippen molar-refractivity contribution in [1.29, 1.82) is 0 Å². The van der Waals surface area contributed by atoms with Crippen LogP contribution >= 0.6 is 0 Å². The first-order valence-corrected chi connectivity index (χ1v) is 9.62. The molecule has 1 atom stereocenters. The van der Waals surface area contributed by atoms with Crippen LogP contribution in [0.3, 0.4) is 0 Å². The lowest BCUT2D eigenvalue weighted by atomic mass is 10.1. The number of aromatic nitrogens is 2. The number of hydrogen-bond acceptors (Lipinski definition) is 5. The first kappa shape index (κ1) is 18.4. The lowest BCUT2D eigenvalue weighted by Crippen LogP contribution is -2.39. The molecular formula is C21H24N4O3. The number of likely N-dealkylation sites (tertiary alicyclic amines) is 1. The fourth-order valence-electron chi connectivity index (χ4n) is 3.82. The summed E-state index contributed by atoms with van der Waals surface area (Å²) in [5.41, 5.74) is 1.42. The van der Waals surface area contributed by atoms with E-state index in [4.69, 9.17) is 4.42 Å². The Labute approximate surface area is 163 Å². The van der Waals surface area contributed by atoms with Gasteiger partial charge in [0.1, 0.15) is 12.3 Å². The van der Waals surface area contributed by atoms with Gasteiger partial charge in [0, 0.05) is 6.54 Å². The molecule has 3 aromatic rings. The molecule has 0 bridgehead atoms. The van der Waals surface area contributed by atoms with Crippen LogP contribution < -0.4 is 10.9 Å². The molecule has 1 unspecified atom stereocenters. The molecule has 1 saturated heterocycles. The normalized spacial score (nSPS) is 15.8. The Balaban J connectivity index is 1.46. The highest BCUT2D eigenvalue weighted by atomic mass is 16.3. The van der Waals surface area contributed by atoms with Gasteiger partial charge >= 0.3 is 0 Å². The van der Waals surface area contributed by atoms with Crippen LogP contribution in [-0.4, -0.2) is 40.0 Å². The van der Waals surface area contributed by atoms with E-state index in [-0.39, 0.29) is 24.1 Å². The largest absolute Gasteiger partial charge is 0.468 e. The minimum atomic E-state index is -0.216. The molecule has 2 aromatic heterocycles. The van der Waals surface area contributed by atoms with Crippen molar-refractivity contribution in [2.75, 3.05) is 19.6 Å². The Morgan fingerprint density at radius 3 is 2.82 bits per heavy atom. The topological polar surface area (TPSA) is 80.4 Å². The maximum Gasteiger partial charge on any atom is 0.261 e. The Kier molecular flexibility index (Phi) is 5.25. The number of fused-ring (bicyclic) bond motifs is 1. The SMILES string of the molecule is Cc1cccc2c(=O)n(CC(=O)NCC(c3ccco3)N3CCCC3)cnc12. The minimum Gasteiger partial charge on any atom is -0.468 e. The van der Waals surface area contributed by atoms with Crippen molar-refractivity contribution in [3.63, 3.8) is 0 Å². The quantitative estimate of drug-likeness (QED) is 0.709. The molecule has 0 spiro atoms. The number of carbonyl (C=O) groups is 1. The molecule has 1 amide bonds. The van der Waals surface area contributed by atoms with Crippen LogP contribution in [0.5, 0.6) is 0 Å². The molecule has 0 aliphatic carbocycles. The van der Waals surface area contributed by atoms with E-state index < -0.39 is 0 Å². The van der Waals surface area contributed by atoms with Gasteiger partial charge in [0.25, 0.3) is 5.56 Å². The Bertz CT molecular complexity index is 1020. The van der Waals surface area contributed by atoms with Gasteiger partial charge in [-0.05, 0) is 56.6 Å². The molecule has 1 aliphatic rings. The van der Waals surface area contributed by atoms with Crippen LogP contribution in [0.4, 0.5) is 0 Å². The summed E-state index contributed by atoms with van der Waals surface area (Å²) < 4.78 is 6.93. The number of rotatable bonds is 6. The van der Waals surface area contributed by atoms with Crippen LogP contribution in [0.1, 0.15) is 30.2 Å². The van der Waals surface area contributed by atoms with Crippen molar-refractivity contribution in [2.45, 2.75) is 32.4 Å². The monoisotopic (exact) mass is 380 g/mol. The van der Waals surface area contributed by atoms with E-state index in [0.717, 1.165) is 37.3 Å². The second-order valence-corrected chi connectivity index (χ2v) is 7.23. The summed E-state index contributed by atoms with van der Waals surface area (Å²) in [7, 11) is 0. The number of carbonyl (C=O) groups excluding carboxylic acids is 1. The third-order valence-corrected chi connectivity index (χ3v) is 5.31. The first-order chi connectivity index (χ1) is 13.6. The molecular weight excluding hydrogens is 356 g/mol. The van der Waals surface area contributed by atoms with Crippen LogP contribution in [0.25, 0.3) is 10.9 Å². The Morgan fingerprint density at radius 1 is 1.25 bits per heavy atom. The highest BCUT2D eigenvalue weighted by Crippen LogP contribution is 2.24. The smallest absolute Gasteiger partial charge is 0.261 e. The number of furan rings is 1. The van der Waals surface area contributed by atoms with Gasteiger partial charge in [0.2, 0.25) is 5.91 Å². The summed E-state index contributed by atoms with van der Waals surface area (Å²) in [6.07, 6.45) is 5.41. The molecule has 1 fully saturated rings. The number of benzene rings is 1. The molecule has 1 aromatic carbocycles. The summed E-state index contributed by atoms with van der Waals surface area (Å²) in [5.74, 6) is 0.633. The van der Waals surface area contributed by atoms with Crippen LogP contribution in [0.2, 0.25) is 0 Å². The zero-order chi connectivity index (χ0) is 19.5. The number of hydrogen-bond donors (Lipinski definition) is 1. The van der Waals surface area contributed by atoms with E-state index in [9.17, 15) is 9.59 Å². The zero-order valence-corrected chi connectivity index (χ0v) is 15.9. The van der Waals surface area contributed by atoms with E-state index in [1.807, 2.05) is 31.2 Å². The molecule has 1 N–H and O–H groups in total. The molecule has 3 heterocycles. The third-order valence-electron chi connectivity index (χ3n) is 5.31. The summed E-state index contributed by atoms with van der Waals surface area (Å²) >= 11 is 0. The van der Waals surface area contributed by atoms with Crippen molar-refractivity contribution >= 4 is 16.8 Å². The molecule has 1 aliphatic heterocycles. The van der Waals surface area contributed by atoms with E-state index in [1.54, 1.807) is 12.3 Å². The second-order valence-electron chi connectivity index (χ2n) is 7.23. The molecule has 7 nitrogen and oxygen atoms in total. The highest BCUT2D eigenvalue weighted by molar-refractivity contribution is 5.81. The maximum absolute atomic E-state index is 12.7. The van der Waals surface area contributed by atoms with Crippen molar-refractivity contribution in [3.8, 4) is 0 Å². The van der Waals surface area contributed by atoms with Crippen LogP contribution in [0, 0.1) is 6.92 Å². The average molecular weight is 380 g/mol. The second kappa shape index (κ2) is 7.98. The number of nitrogens with zero attached hydrogens (tertiary/aromatic N) is 3. The van der Waals surface area contributed by atoms with E-state index in [1.165, 1.54) is 10.9 Å². The minimum absolute atomic E-state index is 0.00977. The fraction of sp³-hybridized carbons (Fsp3) is 0.381. The van der Waals surface area contributed by atoms with Crippen LogP contribution in [-0.2, 0) is 11.3 Å². The van der Waals surface area contributed by atoms with Crippen molar-refractivity contribution in [1.82, 2.24) is 19.8 Å². The maximum atomic E-state index is 12.7. The van der Waals surface area contributed by atoms with Gasteiger partial charge in [-0.3, -0.25) is 19.1 Å². The Morgan fingerprint density at radius 2 is 2.07 bits per heavy atom. The van der Waals surface area contributed by atoms with E-state index in [0.29, 0.717) is 17.4 Å². The summed E-state index contributed by atoms with van der Waals surface area (Å²) in [4.78, 5) is 31.9. The molecule has 0 radical (unpaired) electrons. The third kappa shape index (κ3) is 3.71. The number of amides is 1. The molecule has 0 saturated carbocycles. The van der Waals surface area contributed by atoms with Crippen LogP contribution in [0.15, 0.2) is 52.1 Å². The lowest BCUT2D eigenvalue weighted by molar-refractivity contribution is -0.122. The molecule has 4 rings (SSSR count). The predicted molar refractivity (Wildman–Crippen MR) is 106 cm³/mol. The molecule has 7 heteroatoms. The zero-order valence-electron chi connectivity index (χ0n) is 15.9. The number of para-hydroxylation sites is 1. The fourth-order valence-corrected chi connectivity index (χ4v) is 3.82. The standard InChI is InChI=1S/C21H24N4O3/c1-15-6-4-7-16-20(15)23-14-25(21(16)27)13-19(26)22-12-17(18-8-5-11-28-18)24-9-2-3-10-24/h4-8,11,14,17H,2-3,9-10,12-13H2,1H3,(H,22,26). The summed E-state index contributed by atoms with van der Waals surface area (Å²) in [6.45, 7) is 4.30. The van der Waals surface area contributed by atoms with E-state index >= 15 is 0 Å². The van der Waals surface area contributed by atoms with Gasteiger partial charge in [-0.25, -0.2) is 4.98 Å². The first-order valence-electron chi connectivity index (χ1n) is 9.62. The lowest BCUT2D eigenvalue weighted by Gasteiger charge is -2.26.